The van der Waals surface area contributed by atoms with Gasteiger partial charge in [0, 0.05) is 13.2 Å². The van der Waals surface area contributed by atoms with Gasteiger partial charge in [0.05, 0.1) is 5.69 Å². The molecule has 1 aliphatic rings. The summed E-state index contributed by atoms with van der Waals surface area (Å²) < 4.78 is 15.7. The van der Waals surface area contributed by atoms with Crippen molar-refractivity contribution in [2.75, 3.05) is 13.1 Å². The molecule has 1 N–H and O–H groups in total. The van der Waals surface area contributed by atoms with E-state index in [-0.39, 0.29) is 5.92 Å². The maximum absolute atomic E-state index is 14.0. The third-order valence-electron chi connectivity index (χ3n) is 2.94. The minimum Gasteiger partial charge on any atom is -0.317 e. The Kier molecular flexibility index (Phi) is 2.82. The molecule has 0 saturated carbocycles. The van der Waals surface area contributed by atoms with E-state index >= 15 is 0 Å². The fraction of sp³-hybridized carbons (Fsp3) is 0.700. The lowest BCUT2D eigenvalue weighted by Gasteiger charge is -2.25. The molecule has 4 heteroatoms. The lowest BCUT2D eigenvalue weighted by molar-refractivity contribution is 0.181. The van der Waals surface area contributed by atoms with Gasteiger partial charge in [-0.2, -0.15) is 5.10 Å². The quantitative estimate of drug-likeness (QED) is 0.777. The third-order valence-corrected chi connectivity index (χ3v) is 2.94. The molecule has 0 amide bonds. The Hall–Kier alpha value is -0.900. The van der Waals surface area contributed by atoms with Crippen LogP contribution in [0, 0.1) is 5.92 Å². The van der Waals surface area contributed by atoms with E-state index in [1.165, 1.54) is 0 Å². The Bertz CT molecular complexity index is 291. The molecule has 0 aliphatic carbocycles. The van der Waals surface area contributed by atoms with Crippen molar-refractivity contribution in [2.24, 2.45) is 13.0 Å². The first-order valence-corrected chi connectivity index (χ1v) is 5.11. The molecule has 0 bridgehead atoms. The Morgan fingerprint density at radius 3 is 2.86 bits per heavy atom. The van der Waals surface area contributed by atoms with Gasteiger partial charge in [-0.3, -0.25) is 4.68 Å². The predicted molar refractivity (Wildman–Crippen MR) is 52.7 cm³/mol. The number of rotatable bonds is 2. The summed E-state index contributed by atoms with van der Waals surface area (Å²) in [5.41, 5.74) is 0.705. The van der Waals surface area contributed by atoms with Gasteiger partial charge in [0.1, 0.15) is 6.17 Å². The topological polar surface area (TPSA) is 29.9 Å². The first-order valence-electron chi connectivity index (χ1n) is 5.11. The molecule has 1 saturated heterocycles. The zero-order valence-corrected chi connectivity index (χ0v) is 8.41. The Balaban J connectivity index is 2.07. The van der Waals surface area contributed by atoms with E-state index in [2.05, 4.69) is 10.4 Å². The highest BCUT2D eigenvalue weighted by Gasteiger charge is 2.26. The van der Waals surface area contributed by atoms with Gasteiger partial charge in [-0.25, -0.2) is 4.39 Å². The second-order valence-corrected chi connectivity index (χ2v) is 3.87. The first-order chi connectivity index (χ1) is 6.79. The molecular formula is C10H16FN3. The molecule has 0 spiro atoms. The lowest BCUT2D eigenvalue weighted by Crippen LogP contribution is -2.30. The Labute approximate surface area is 83.3 Å². The van der Waals surface area contributed by atoms with E-state index in [0.717, 1.165) is 25.9 Å². The number of aryl methyl sites for hydroxylation is 1. The minimum atomic E-state index is -0.857. The maximum Gasteiger partial charge on any atom is 0.144 e. The highest BCUT2D eigenvalue weighted by Crippen LogP contribution is 2.31. The average molecular weight is 197 g/mol. The summed E-state index contributed by atoms with van der Waals surface area (Å²) in [4.78, 5) is 0. The lowest BCUT2D eigenvalue weighted by atomic mass is 9.91. The van der Waals surface area contributed by atoms with E-state index < -0.39 is 6.17 Å². The molecule has 1 aromatic rings. The fourth-order valence-electron chi connectivity index (χ4n) is 2.03. The molecule has 2 rings (SSSR count). The van der Waals surface area contributed by atoms with E-state index in [0.29, 0.717) is 5.69 Å². The summed E-state index contributed by atoms with van der Waals surface area (Å²) in [5, 5.41) is 7.23. The summed E-state index contributed by atoms with van der Waals surface area (Å²) in [6.07, 6.45) is 2.64. The maximum atomic E-state index is 14.0. The van der Waals surface area contributed by atoms with Crippen LogP contribution in [0.3, 0.4) is 0 Å². The normalized spacial score (nSPS) is 21.0. The molecule has 1 aromatic heterocycles. The number of alkyl halides is 1. The largest absolute Gasteiger partial charge is 0.317 e. The Morgan fingerprint density at radius 1 is 1.57 bits per heavy atom. The summed E-state index contributed by atoms with van der Waals surface area (Å²) in [6.45, 7) is 1.87. The van der Waals surface area contributed by atoms with Crippen LogP contribution in [-0.4, -0.2) is 22.9 Å². The molecule has 0 aromatic carbocycles. The van der Waals surface area contributed by atoms with Gasteiger partial charge < -0.3 is 5.32 Å². The minimum absolute atomic E-state index is 0.159. The molecule has 1 unspecified atom stereocenters. The molecule has 1 atom stereocenters. The predicted octanol–water partition coefficient (Wildman–Crippen LogP) is 1.43. The van der Waals surface area contributed by atoms with Crippen molar-refractivity contribution in [1.29, 1.82) is 0 Å². The van der Waals surface area contributed by atoms with Crippen LogP contribution in [0.25, 0.3) is 0 Å². The smallest absolute Gasteiger partial charge is 0.144 e. The zero-order chi connectivity index (χ0) is 9.97. The average Bonchev–Trinajstić information content (AvgIpc) is 2.65. The third kappa shape index (κ3) is 1.80. The molecule has 78 valence electrons. The molecule has 1 fully saturated rings. The zero-order valence-electron chi connectivity index (χ0n) is 8.41. The molecule has 1 aliphatic heterocycles. The van der Waals surface area contributed by atoms with Crippen LogP contribution in [0.5, 0.6) is 0 Å². The van der Waals surface area contributed by atoms with Gasteiger partial charge in [-0.05, 0) is 37.9 Å². The highest BCUT2D eigenvalue weighted by molar-refractivity contribution is 5.06. The van der Waals surface area contributed by atoms with Crippen molar-refractivity contribution < 1.29 is 4.39 Å². The van der Waals surface area contributed by atoms with Gasteiger partial charge in [0.15, 0.2) is 0 Å². The van der Waals surface area contributed by atoms with Crippen molar-refractivity contribution in [3.05, 3.63) is 18.0 Å². The monoisotopic (exact) mass is 197 g/mol. The van der Waals surface area contributed by atoms with Crippen molar-refractivity contribution in [2.45, 2.75) is 19.0 Å². The fourth-order valence-corrected chi connectivity index (χ4v) is 2.03. The number of nitrogens with zero attached hydrogens (tertiary/aromatic N) is 2. The van der Waals surface area contributed by atoms with Crippen LogP contribution < -0.4 is 5.32 Å². The SMILES string of the molecule is Cn1nccc1C(F)C1CCNCC1. The van der Waals surface area contributed by atoms with E-state index in [9.17, 15) is 4.39 Å². The van der Waals surface area contributed by atoms with Crippen LogP contribution in [0.2, 0.25) is 0 Å². The van der Waals surface area contributed by atoms with Crippen molar-refractivity contribution in [1.82, 2.24) is 15.1 Å². The number of piperidine rings is 1. The second-order valence-electron chi connectivity index (χ2n) is 3.87. The van der Waals surface area contributed by atoms with Crippen LogP contribution in [0.15, 0.2) is 12.3 Å². The second kappa shape index (κ2) is 4.09. The van der Waals surface area contributed by atoms with Gasteiger partial charge in [0.25, 0.3) is 0 Å². The van der Waals surface area contributed by atoms with E-state index in [4.69, 9.17) is 0 Å². The molecule has 14 heavy (non-hydrogen) atoms. The van der Waals surface area contributed by atoms with Gasteiger partial charge >= 0.3 is 0 Å². The summed E-state index contributed by atoms with van der Waals surface area (Å²) in [7, 11) is 1.79. The van der Waals surface area contributed by atoms with Gasteiger partial charge in [0.2, 0.25) is 0 Å². The Morgan fingerprint density at radius 2 is 2.29 bits per heavy atom. The molecular weight excluding hydrogens is 181 g/mol. The van der Waals surface area contributed by atoms with Gasteiger partial charge in [-0.1, -0.05) is 0 Å². The summed E-state index contributed by atoms with van der Waals surface area (Å²) in [5.74, 6) is 0.159. The number of hydrogen-bond donors (Lipinski definition) is 1. The summed E-state index contributed by atoms with van der Waals surface area (Å²) >= 11 is 0. The number of halogens is 1. The standard InChI is InChI=1S/C10H16FN3/c1-14-9(4-7-13-14)10(11)8-2-5-12-6-3-8/h4,7-8,10,12H,2-3,5-6H2,1H3. The molecule has 0 radical (unpaired) electrons. The van der Waals surface area contributed by atoms with Crippen LogP contribution in [0.4, 0.5) is 4.39 Å². The summed E-state index contributed by atoms with van der Waals surface area (Å²) in [6, 6.07) is 1.77. The van der Waals surface area contributed by atoms with E-state index in [1.807, 2.05) is 0 Å². The van der Waals surface area contributed by atoms with Crippen LogP contribution in [-0.2, 0) is 7.05 Å². The van der Waals surface area contributed by atoms with Crippen molar-refractivity contribution in [3.8, 4) is 0 Å². The van der Waals surface area contributed by atoms with Gasteiger partial charge in [-0.15, -0.1) is 0 Å². The molecule has 3 nitrogen and oxygen atoms in total. The number of aromatic nitrogens is 2. The van der Waals surface area contributed by atoms with Crippen molar-refractivity contribution >= 4 is 0 Å². The van der Waals surface area contributed by atoms with E-state index in [1.54, 1.807) is 24.0 Å². The first kappa shape index (κ1) is 9.65. The highest BCUT2D eigenvalue weighted by atomic mass is 19.1. The van der Waals surface area contributed by atoms with Crippen LogP contribution >= 0.6 is 0 Å². The van der Waals surface area contributed by atoms with Crippen molar-refractivity contribution in [3.63, 3.8) is 0 Å². The number of hydrogen-bond acceptors (Lipinski definition) is 2. The molecule has 2 heterocycles. The van der Waals surface area contributed by atoms with Crippen LogP contribution in [0.1, 0.15) is 24.7 Å². The number of nitrogens with one attached hydrogen (secondary N) is 1.